The van der Waals surface area contributed by atoms with E-state index in [4.69, 9.17) is 14.9 Å². The van der Waals surface area contributed by atoms with Gasteiger partial charge in [-0.2, -0.15) is 0 Å². The number of carboxylic acid groups (broad SMARTS) is 2. The van der Waals surface area contributed by atoms with E-state index in [-0.39, 0.29) is 13.0 Å². The number of anilines is 1. The molecule has 7 nitrogen and oxygen atoms in total. The number of aryl methyl sites for hydroxylation is 1. The molecule has 0 saturated carbocycles. The monoisotopic (exact) mass is 293 g/mol. The van der Waals surface area contributed by atoms with Crippen LogP contribution in [0.5, 0.6) is 5.75 Å². The van der Waals surface area contributed by atoms with Crippen LogP contribution < -0.4 is 9.64 Å². The number of hydrogen-bond donors (Lipinski definition) is 2. The molecule has 1 aromatic rings. The summed E-state index contributed by atoms with van der Waals surface area (Å²) in [5, 5.41) is 17.6. The van der Waals surface area contributed by atoms with Crippen molar-refractivity contribution in [2.45, 2.75) is 25.9 Å². The molecule has 0 radical (unpaired) electrons. The Balaban J connectivity index is 2.34. The van der Waals surface area contributed by atoms with Gasteiger partial charge in [0.05, 0.1) is 18.5 Å². The van der Waals surface area contributed by atoms with Gasteiger partial charge in [0.2, 0.25) is 0 Å². The summed E-state index contributed by atoms with van der Waals surface area (Å²) in [6, 6.07) is 5.15. The molecule has 0 aliphatic carbocycles. The number of aliphatic carboxylic acids is 2. The number of hydrogen-bond acceptors (Lipinski definition) is 4. The van der Waals surface area contributed by atoms with E-state index in [1.54, 1.807) is 18.2 Å². The average molecular weight is 293 g/mol. The smallest absolute Gasteiger partial charge is 0.307 e. The Morgan fingerprint density at radius 2 is 2.00 bits per heavy atom. The van der Waals surface area contributed by atoms with Gasteiger partial charge in [-0.1, -0.05) is 6.07 Å². The van der Waals surface area contributed by atoms with E-state index in [1.807, 2.05) is 6.92 Å². The van der Waals surface area contributed by atoms with Gasteiger partial charge in [0.25, 0.3) is 5.91 Å². The Kier molecular flexibility index (Phi) is 4.11. The lowest BCUT2D eigenvalue weighted by atomic mass is 10.1. The van der Waals surface area contributed by atoms with E-state index in [0.29, 0.717) is 11.4 Å². The SMILES string of the molecule is Cc1ccc2c(c1)OC(CC(=O)O)C(=O)N2CCC(=O)O. The molecule has 2 N–H and O–H groups in total. The van der Waals surface area contributed by atoms with Gasteiger partial charge in [0, 0.05) is 6.54 Å². The van der Waals surface area contributed by atoms with Crippen LogP contribution in [0.3, 0.4) is 0 Å². The van der Waals surface area contributed by atoms with Crippen LogP contribution in [0.2, 0.25) is 0 Å². The van der Waals surface area contributed by atoms with Crippen LogP contribution >= 0.6 is 0 Å². The molecular formula is C14H15NO6. The second-order valence-corrected chi connectivity index (χ2v) is 4.81. The fourth-order valence-corrected chi connectivity index (χ4v) is 2.16. The first-order valence-corrected chi connectivity index (χ1v) is 6.40. The molecule has 1 aromatic carbocycles. The van der Waals surface area contributed by atoms with E-state index in [9.17, 15) is 14.4 Å². The van der Waals surface area contributed by atoms with Crippen molar-refractivity contribution in [1.82, 2.24) is 0 Å². The van der Waals surface area contributed by atoms with Crippen LogP contribution in [0, 0.1) is 6.92 Å². The van der Waals surface area contributed by atoms with Crippen LogP contribution in [0.25, 0.3) is 0 Å². The number of nitrogens with zero attached hydrogens (tertiary/aromatic N) is 1. The number of amides is 1. The van der Waals surface area contributed by atoms with Gasteiger partial charge in [0.1, 0.15) is 5.75 Å². The van der Waals surface area contributed by atoms with Gasteiger partial charge >= 0.3 is 11.9 Å². The van der Waals surface area contributed by atoms with Crippen LogP contribution in [0.15, 0.2) is 18.2 Å². The third kappa shape index (κ3) is 3.31. The first-order chi connectivity index (χ1) is 9.88. The van der Waals surface area contributed by atoms with Gasteiger partial charge in [0.15, 0.2) is 6.10 Å². The molecule has 7 heteroatoms. The molecule has 112 valence electrons. The highest BCUT2D eigenvalue weighted by Gasteiger charge is 2.35. The second kappa shape index (κ2) is 5.82. The predicted octanol–water partition coefficient (Wildman–Crippen LogP) is 1.04. The van der Waals surface area contributed by atoms with E-state index in [2.05, 4.69) is 0 Å². The lowest BCUT2D eigenvalue weighted by Crippen LogP contribution is -2.47. The molecule has 0 aromatic heterocycles. The van der Waals surface area contributed by atoms with Crippen molar-refractivity contribution < 1.29 is 29.3 Å². The molecule has 2 rings (SSSR count). The molecule has 1 heterocycles. The van der Waals surface area contributed by atoms with Crippen molar-refractivity contribution in [3.63, 3.8) is 0 Å². The third-order valence-corrected chi connectivity index (χ3v) is 3.13. The molecule has 1 aliphatic heterocycles. The Bertz CT molecular complexity index is 597. The summed E-state index contributed by atoms with van der Waals surface area (Å²) in [6.07, 6.45) is -1.82. The Morgan fingerprint density at radius 3 is 2.62 bits per heavy atom. The molecular weight excluding hydrogens is 278 g/mol. The van der Waals surface area contributed by atoms with Crippen LogP contribution in [-0.4, -0.2) is 40.7 Å². The highest BCUT2D eigenvalue weighted by atomic mass is 16.5. The number of fused-ring (bicyclic) bond motifs is 1. The fraction of sp³-hybridized carbons (Fsp3) is 0.357. The minimum atomic E-state index is -1.15. The lowest BCUT2D eigenvalue weighted by Gasteiger charge is -2.33. The van der Waals surface area contributed by atoms with Gasteiger partial charge in [-0.25, -0.2) is 0 Å². The van der Waals surface area contributed by atoms with Crippen LogP contribution in [0.1, 0.15) is 18.4 Å². The average Bonchev–Trinajstić information content (AvgIpc) is 2.38. The van der Waals surface area contributed by atoms with Crippen molar-refractivity contribution in [3.8, 4) is 5.75 Å². The zero-order chi connectivity index (χ0) is 15.6. The van der Waals surface area contributed by atoms with Crippen molar-refractivity contribution >= 4 is 23.5 Å². The fourth-order valence-electron chi connectivity index (χ4n) is 2.16. The van der Waals surface area contributed by atoms with E-state index < -0.39 is 30.4 Å². The first-order valence-electron chi connectivity index (χ1n) is 6.40. The normalized spacial score (nSPS) is 17.1. The molecule has 0 spiro atoms. The van der Waals surface area contributed by atoms with Gasteiger partial charge in [-0.15, -0.1) is 0 Å². The summed E-state index contributed by atoms with van der Waals surface area (Å²) in [5.41, 5.74) is 1.36. The summed E-state index contributed by atoms with van der Waals surface area (Å²) in [6.45, 7) is 1.82. The topological polar surface area (TPSA) is 104 Å². The highest BCUT2D eigenvalue weighted by Crippen LogP contribution is 2.35. The molecule has 0 bridgehead atoms. The van der Waals surface area contributed by atoms with Crippen molar-refractivity contribution in [2.24, 2.45) is 0 Å². The number of rotatable bonds is 5. The summed E-state index contributed by atoms with van der Waals surface area (Å²) in [5.74, 6) is -2.32. The van der Waals surface area contributed by atoms with Crippen molar-refractivity contribution in [2.75, 3.05) is 11.4 Å². The van der Waals surface area contributed by atoms with Gasteiger partial charge < -0.3 is 19.8 Å². The van der Waals surface area contributed by atoms with E-state index in [0.717, 1.165) is 5.56 Å². The maximum atomic E-state index is 12.3. The van der Waals surface area contributed by atoms with Crippen LogP contribution in [0.4, 0.5) is 5.69 Å². The third-order valence-electron chi connectivity index (χ3n) is 3.13. The quantitative estimate of drug-likeness (QED) is 0.840. The van der Waals surface area contributed by atoms with Crippen molar-refractivity contribution in [3.05, 3.63) is 23.8 Å². The van der Waals surface area contributed by atoms with Gasteiger partial charge in [-0.3, -0.25) is 14.4 Å². The van der Waals surface area contributed by atoms with Gasteiger partial charge in [-0.05, 0) is 24.6 Å². The minimum absolute atomic E-state index is 0.0241. The maximum Gasteiger partial charge on any atom is 0.307 e. The largest absolute Gasteiger partial charge is 0.481 e. The number of ether oxygens (including phenoxy) is 1. The number of carbonyl (C=O) groups excluding carboxylic acids is 1. The first kappa shape index (κ1) is 14.8. The molecule has 0 saturated heterocycles. The summed E-state index contributed by atoms with van der Waals surface area (Å²) in [4.78, 5) is 35.1. The predicted molar refractivity (Wildman–Crippen MR) is 72.5 cm³/mol. The number of carbonyl (C=O) groups is 3. The highest BCUT2D eigenvalue weighted by molar-refractivity contribution is 6.01. The van der Waals surface area contributed by atoms with Crippen molar-refractivity contribution in [1.29, 1.82) is 0 Å². The minimum Gasteiger partial charge on any atom is -0.481 e. The molecule has 1 amide bonds. The Labute approximate surface area is 120 Å². The van der Waals surface area contributed by atoms with Crippen LogP contribution in [-0.2, 0) is 14.4 Å². The lowest BCUT2D eigenvalue weighted by molar-refractivity contribution is -0.143. The molecule has 1 unspecified atom stereocenters. The zero-order valence-corrected chi connectivity index (χ0v) is 11.4. The summed E-state index contributed by atoms with van der Waals surface area (Å²) >= 11 is 0. The Hall–Kier alpha value is -2.57. The summed E-state index contributed by atoms with van der Waals surface area (Å²) < 4.78 is 5.45. The Morgan fingerprint density at radius 1 is 1.29 bits per heavy atom. The summed E-state index contributed by atoms with van der Waals surface area (Å²) in [7, 11) is 0. The second-order valence-electron chi connectivity index (χ2n) is 4.81. The maximum absolute atomic E-state index is 12.3. The molecule has 1 atom stereocenters. The standard InChI is InChI=1S/C14H15NO6/c1-8-2-3-9-10(6-8)21-11(7-13(18)19)14(20)15(9)5-4-12(16)17/h2-3,6,11H,4-5,7H2,1H3,(H,16,17)(H,18,19). The number of carboxylic acids is 2. The number of benzene rings is 1. The molecule has 0 fully saturated rings. The molecule has 1 aliphatic rings. The zero-order valence-electron chi connectivity index (χ0n) is 11.4. The van der Waals surface area contributed by atoms with E-state index >= 15 is 0 Å². The molecule has 21 heavy (non-hydrogen) atoms. The van der Waals surface area contributed by atoms with E-state index in [1.165, 1.54) is 4.90 Å².